The molecule has 0 aromatic heterocycles. The van der Waals surface area contributed by atoms with Crippen molar-refractivity contribution in [1.29, 1.82) is 0 Å². The largest absolute Gasteiger partial charge is 0.207 e. The van der Waals surface area contributed by atoms with Gasteiger partial charge in [-0.2, -0.15) is 0 Å². The lowest BCUT2D eigenvalue weighted by atomic mass is 10.1. The molecule has 0 N–H and O–H groups in total. The molecule has 0 heterocycles. The Morgan fingerprint density at radius 3 is 2.43 bits per heavy atom. The maximum atomic E-state index is 12.9. The minimum atomic E-state index is -0.612. The number of rotatable bonds is 0. The van der Waals surface area contributed by atoms with Crippen LogP contribution in [0.25, 0.3) is 0 Å². The summed E-state index contributed by atoms with van der Waals surface area (Å²) in [5.74, 6) is 5.15. The summed E-state index contributed by atoms with van der Waals surface area (Å²) in [4.78, 5) is -0.612. The molecule has 0 spiro atoms. The standard InChI is InChI=1S/C11H9Cl2F/c1-11(2,13)4-3-8-5-9(12)7-10(14)6-8/h5-7H,1-2H3. The summed E-state index contributed by atoms with van der Waals surface area (Å²) in [5, 5.41) is 0.335. The summed E-state index contributed by atoms with van der Waals surface area (Å²) in [6.07, 6.45) is 0. The first-order valence-electron chi connectivity index (χ1n) is 4.05. The molecule has 0 bridgehead atoms. The van der Waals surface area contributed by atoms with E-state index in [1.165, 1.54) is 12.1 Å². The second-order valence-corrected chi connectivity index (χ2v) is 4.76. The molecule has 1 aromatic carbocycles. The summed E-state index contributed by atoms with van der Waals surface area (Å²) in [7, 11) is 0. The zero-order valence-corrected chi connectivity index (χ0v) is 9.38. The van der Waals surface area contributed by atoms with Gasteiger partial charge in [-0.1, -0.05) is 23.4 Å². The predicted molar refractivity (Wildman–Crippen MR) is 58.2 cm³/mol. The first-order chi connectivity index (χ1) is 6.37. The molecule has 0 amide bonds. The zero-order chi connectivity index (χ0) is 10.8. The van der Waals surface area contributed by atoms with E-state index in [9.17, 15) is 4.39 Å². The monoisotopic (exact) mass is 230 g/mol. The molecule has 0 saturated carbocycles. The summed E-state index contributed by atoms with van der Waals surface area (Å²) < 4.78 is 12.9. The van der Waals surface area contributed by atoms with Crippen molar-refractivity contribution in [2.24, 2.45) is 0 Å². The van der Waals surface area contributed by atoms with Crippen LogP contribution in [-0.2, 0) is 0 Å². The zero-order valence-electron chi connectivity index (χ0n) is 7.87. The van der Waals surface area contributed by atoms with Gasteiger partial charge in [0.15, 0.2) is 0 Å². The van der Waals surface area contributed by atoms with Crippen LogP contribution in [0.1, 0.15) is 19.4 Å². The molecule has 1 aromatic rings. The lowest BCUT2D eigenvalue weighted by Gasteiger charge is -2.03. The molecule has 0 fully saturated rings. The number of alkyl halides is 1. The first-order valence-corrected chi connectivity index (χ1v) is 4.80. The average molecular weight is 231 g/mol. The highest BCUT2D eigenvalue weighted by atomic mass is 35.5. The molecule has 0 aliphatic heterocycles. The van der Waals surface area contributed by atoms with Crippen LogP contribution in [0.2, 0.25) is 5.02 Å². The van der Waals surface area contributed by atoms with Gasteiger partial charge in [0.2, 0.25) is 0 Å². The molecule has 14 heavy (non-hydrogen) atoms. The molecule has 1 rings (SSSR count). The molecular weight excluding hydrogens is 222 g/mol. The minimum Gasteiger partial charge on any atom is -0.207 e. The summed E-state index contributed by atoms with van der Waals surface area (Å²) in [6.45, 7) is 3.53. The number of hydrogen-bond donors (Lipinski definition) is 0. The third kappa shape index (κ3) is 4.00. The van der Waals surface area contributed by atoms with Crippen molar-refractivity contribution in [1.82, 2.24) is 0 Å². The predicted octanol–water partition coefficient (Wildman–Crippen LogP) is 3.85. The normalized spacial score (nSPS) is 10.6. The third-order valence-electron chi connectivity index (χ3n) is 1.37. The van der Waals surface area contributed by atoms with Crippen LogP contribution in [-0.4, -0.2) is 4.87 Å². The summed E-state index contributed by atoms with van der Waals surface area (Å²) in [6, 6.07) is 4.15. The van der Waals surface area contributed by atoms with Crippen LogP contribution in [0.3, 0.4) is 0 Å². The Hall–Kier alpha value is -0.710. The van der Waals surface area contributed by atoms with Gasteiger partial charge in [0.25, 0.3) is 0 Å². The number of benzene rings is 1. The van der Waals surface area contributed by atoms with E-state index in [1.807, 2.05) is 0 Å². The van der Waals surface area contributed by atoms with E-state index in [2.05, 4.69) is 11.8 Å². The highest BCUT2D eigenvalue weighted by Gasteiger charge is 2.07. The maximum absolute atomic E-state index is 12.9. The second-order valence-electron chi connectivity index (χ2n) is 3.38. The van der Waals surface area contributed by atoms with Gasteiger partial charge < -0.3 is 0 Å². The van der Waals surface area contributed by atoms with Gasteiger partial charge in [0.1, 0.15) is 5.82 Å². The van der Waals surface area contributed by atoms with Gasteiger partial charge in [-0.3, -0.25) is 0 Å². The van der Waals surface area contributed by atoms with Crippen molar-refractivity contribution in [2.45, 2.75) is 18.7 Å². The highest BCUT2D eigenvalue weighted by molar-refractivity contribution is 6.30. The molecule has 0 aliphatic rings. The lowest BCUT2D eigenvalue weighted by molar-refractivity contribution is 0.627. The molecule has 0 unspecified atom stereocenters. The van der Waals surface area contributed by atoms with Crippen molar-refractivity contribution in [3.63, 3.8) is 0 Å². The molecule has 74 valence electrons. The smallest absolute Gasteiger partial charge is 0.125 e. The maximum Gasteiger partial charge on any atom is 0.125 e. The van der Waals surface area contributed by atoms with Crippen LogP contribution >= 0.6 is 23.2 Å². The molecule has 0 radical (unpaired) electrons. The minimum absolute atomic E-state index is 0.335. The topological polar surface area (TPSA) is 0 Å². The van der Waals surface area contributed by atoms with Crippen LogP contribution in [0.4, 0.5) is 4.39 Å². The van der Waals surface area contributed by atoms with Crippen LogP contribution in [0, 0.1) is 17.7 Å². The number of halogens is 3. The van der Waals surface area contributed by atoms with Gasteiger partial charge in [0, 0.05) is 10.6 Å². The molecule has 0 nitrogen and oxygen atoms in total. The third-order valence-corrected chi connectivity index (χ3v) is 1.68. The Morgan fingerprint density at radius 1 is 1.29 bits per heavy atom. The summed E-state index contributed by atoms with van der Waals surface area (Å²) in [5.41, 5.74) is 0.531. The van der Waals surface area contributed by atoms with Gasteiger partial charge >= 0.3 is 0 Å². The quantitative estimate of drug-likeness (QED) is 0.470. The van der Waals surface area contributed by atoms with Crippen molar-refractivity contribution >= 4 is 23.2 Å². The Morgan fingerprint density at radius 2 is 1.93 bits per heavy atom. The van der Waals surface area contributed by atoms with Crippen molar-refractivity contribution in [2.75, 3.05) is 0 Å². The second kappa shape index (κ2) is 4.21. The summed E-state index contributed by atoms with van der Waals surface area (Å²) >= 11 is 11.5. The average Bonchev–Trinajstić information content (AvgIpc) is 1.97. The van der Waals surface area contributed by atoms with Gasteiger partial charge in [0.05, 0.1) is 4.87 Å². The molecule has 0 saturated heterocycles. The van der Waals surface area contributed by atoms with E-state index in [4.69, 9.17) is 23.2 Å². The van der Waals surface area contributed by atoms with Gasteiger partial charge in [-0.15, -0.1) is 11.6 Å². The SMILES string of the molecule is CC(C)(Cl)C#Cc1cc(F)cc(Cl)c1. The fraction of sp³-hybridized carbons (Fsp3) is 0.273. The first kappa shape index (κ1) is 11.4. The van der Waals surface area contributed by atoms with E-state index < -0.39 is 10.7 Å². The van der Waals surface area contributed by atoms with Crippen LogP contribution in [0.15, 0.2) is 18.2 Å². The van der Waals surface area contributed by atoms with E-state index in [0.717, 1.165) is 0 Å². The van der Waals surface area contributed by atoms with Crippen LogP contribution in [0.5, 0.6) is 0 Å². The Labute approximate surface area is 93.0 Å². The highest BCUT2D eigenvalue weighted by Crippen LogP contribution is 2.14. The Kier molecular flexibility index (Phi) is 3.42. The Balaban J connectivity index is 3.02. The van der Waals surface area contributed by atoms with Crippen molar-refractivity contribution < 1.29 is 4.39 Å². The fourth-order valence-corrected chi connectivity index (χ4v) is 1.12. The molecular formula is C11H9Cl2F. The van der Waals surface area contributed by atoms with Gasteiger partial charge in [-0.25, -0.2) is 4.39 Å². The van der Waals surface area contributed by atoms with Crippen LogP contribution < -0.4 is 0 Å². The van der Waals surface area contributed by atoms with Crippen molar-refractivity contribution in [3.05, 3.63) is 34.6 Å². The van der Waals surface area contributed by atoms with Gasteiger partial charge in [-0.05, 0) is 32.0 Å². The van der Waals surface area contributed by atoms with Crippen molar-refractivity contribution in [3.8, 4) is 11.8 Å². The Bertz CT molecular complexity index is 374. The number of hydrogen-bond acceptors (Lipinski definition) is 0. The van der Waals surface area contributed by atoms with E-state index in [-0.39, 0.29) is 0 Å². The van der Waals surface area contributed by atoms with E-state index in [1.54, 1.807) is 19.9 Å². The molecule has 0 aliphatic carbocycles. The molecule has 3 heteroatoms. The fourth-order valence-electron chi connectivity index (χ4n) is 0.847. The van der Waals surface area contributed by atoms with E-state index in [0.29, 0.717) is 10.6 Å². The molecule has 0 atom stereocenters. The lowest BCUT2D eigenvalue weighted by Crippen LogP contribution is -2.04. The van der Waals surface area contributed by atoms with E-state index >= 15 is 0 Å².